The highest BCUT2D eigenvalue weighted by Gasteiger charge is 2.47. The lowest BCUT2D eigenvalue weighted by Crippen LogP contribution is -2.40. The van der Waals surface area contributed by atoms with Crippen LogP contribution in [0.15, 0.2) is 36.4 Å². The van der Waals surface area contributed by atoms with Crippen molar-refractivity contribution in [1.82, 2.24) is 14.8 Å². The molecule has 0 saturated heterocycles. The molecule has 2 heterocycles. The molecule has 4 rings (SSSR count). The fraction of sp³-hybridized carbons (Fsp3) is 0.474. The van der Waals surface area contributed by atoms with Crippen molar-refractivity contribution in [2.75, 3.05) is 0 Å². The first-order valence-electron chi connectivity index (χ1n) is 8.54. The lowest BCUT2D eigenvalue weighted by molar-refractivity contribution is 0.356. The van der Waals surface area contributed by atoms with Gasteiger partial charge in [0.1, 0.15) is 11.6 Å². The van der Waals surface area contributed by atoms with Gasteiger partial charge in [0.05, 0.1) is 5.41 Å². The minimum Gasteiger partial charge on any atom is -0.314 e. The van der Waals surface area contributed by atoms with Crippen molar-refractivity contribution in [3.63, 3.8) is 0 Å². The van der Waals surface area contributed by atoms with Crippen molar-refractivity contribution in [3.8, 4) is 0 Å². The predicted molar refractivity (Wildman–Crippen MR) is 92.8 cm³/mol. The van der Waals surface area contributed by atoms with Crippen molar-refractivity contribution < 1.29 is 0 Å². The molecule has 2 aromatic rings. The third kappa shape index (κ3) is 2.51. The van der Waals surface area contributed by atoms with Crippen molar-refractivity contribution >= 4 is 11.6 Å². The number of halogens is 1. The number of hydrogen-bond donors (Lipinski definition) is 0. The maximum Gasteiger partial charge on any atom is 0.144 e. The van der Waals surface area contributed by atoms with E-state index in [-0.39, 0.29) is 5.41 Å². The average molecular weight is 328 g/mol. The Kier molecular flexibility index (Phi) is 3.76. The van der Waals surface area contributed by atoms with Crippen LogP contribution in [0.3, 0.4) is 0 Å². The molecule has 0 N–H and O–H groups in total. The van der Waals surface area contributed by atoms with Crippen molar-refractivity contribution in [2.45, 2.75) is 56.9 Å². The molecule has 3 nitrogen and oxygen atoms in total. The van der Waals surface area contributed by atoms with E-state index >= 15 is 0 Å². The summed E-state index contributed by atoms with van der Waals surface area (Å²) in [5.74, 6) is 2.29. The smallest absolute Gasteiger partial charge is 0.144 e. The largest absolute Gasteiger partial charge is 0.314 e. The molecule has 1 saturated carbocycles. The molecule has 23 heavy (non-hydrogen) atoms. The maximum absolute atomic E-state index is 6.08. The van der Waals surface area contributed by atoms with Crippen LogP contribution in [0.1, 0.15) is 55.7 Å². The Labute approximate surface area is 142 Å². The molecule has 0 radical (unpaired) electrons. The van der Waals surface area contributed by atoms with Gasteiger partial charge >= 0.3 is 0 Å². The highest BCUT2D eigenvalue weighted by molar-refractivity contribution is 6.30. The third-order valence-corrected chi connectivity index (χ3v) is 5.54. The lowest BCUT2D eigenvalue weighted by atomic mass is 9.61. The molecule has 1 aliphatic carbocycles. The molecule has 0 amide bonds. The minimum atomic E-state index is -0.0634. The number of allylic oxidation sites excluding steroid dienone is 1. The molecule has 2 aliphatic rings. The van der Waals surface area contributed by atoms with E-state index in [0.29, 0.717) is 0 Å². The molecule has 1 aromatic heterocycles. The van der Waals surface area contributed by atoms with Gasteiger partial charge in [-0.1, -0.05) is 48.7 Å². The standard InChI is InChI=1S/C19H22ClN3/c1-14-12-19(13-14,15-7-9-16(20)10-8-15)18-22-21-17-6-4-2-3-5-11-23(17)18/h7-10H,1-6,11-13H2. The quantitative estimate of drug-likeness (QED) is 0.749. The van der Waals surface area contributed by atoms with E-state index in [2.05, 4.69) is 33.5 Å². The van der Waals surface area contributed by atoms with E-state index in [9.17, 15) is 0 Å². The second-order valence-corrected chi connectivity index (χ2v) is 7.38. The van der Waals surface area contributed by atoms with Crippen molar-refractivity contribution in [1.29, 1.82) is 0 Å². The molecule has 1 fully saturated rings. The fourth-order valence-electron chi connectivity index (χ4n) is 4.08. The summed E-state index contributed by atoms with van der Waals surface area (Å²) in [7, 11) is 0. The summed E-state index contributed by atoms with van der Waals surface area (Å²) in [5.41, 5.74) is 2.52. The van der Waals surface area contributed by atoms with Crippen LogP contribution in [0.25, 0.3) is 0 Å². The van der Waals surface area contributed by atoms with Crippen LogP contribution in [0.4, 0.5) is 0 Å². The normalized spacial score (nSPS) is 20.3. The molecule has 4 heteroatoms. The Hall–Kier alpha value is -1.61. The zero-order valence-electron chi connectivity index (χ0n) is 13.4. The van der Waals surface area contributed by atoms with E-state index in [1.165, 1.54) is 36.8 Å². The Morgan fingerprint density at radius 3 is 2.48 bits per heavy atom. The summed E-state index contributed by atoms with van der Waals surface area (Å²) in [6, 6.07) is 8.23. The van der Waals surface area contributed by atoms with E-state index < -0.39 is 0 Å². The van der Waals surface area contributed by atoms with Crippen LogP contribution in [-0.2, 0) is 18.4 Å². The van der Waals surface area contributed by atoms with E-state index in [0.717, 1.165) is 42.5 Å². The van der Waals surface area contributed by atoms with Crippen LogP contribution < -0.4 is 0 Å². The molecule has 0 spiro atoms. The predicted octanol–water partition coefficient (Wildman–Crippen LogP) is 4.68. The number of fused-ring (bicyclic) bond motifs is 1. The molecule has 120 valence electrons. The van der Waals surface area contributed by atoms with Gasteiger partial charge in [-0.2, -0.15) is 0 Å². The van der Waals surface area contributed by atoms with E-state index in [1.807, 2.05) is 12.1 Å². The first-order valence-corrected chi connectivity index (χ1v) is 8.92. The summed E-state index contributed by atoms with van der Waals surface area (Å²) in [6.07, 6.45) is 8.03. The Morgan fingerprint density at radius 2 is 1.74 bits per heavy atom. The highest BCUT2D eigenvalue weighted by Crippen LogP contribution is 2.51. The summed E-state index contributed by atoms with van der Waals surface area (Å²) < 4.78 is 2.39. The van der Waals surface area contributed by atoms with Gasteiger partial charge in [0.25, 0.3) is 0 Å². The zero-order chi connectivity index (χ0) is 15.9. The molecule has 1 aliphatic heterocycles. The molecular formula is C19H22ClN3. The molecule has 0 bridgehead atoms. The third-order valence-electron chi connectivity index (χ3n) is 5.29. The molecular weight excluding hydrogens is 306 g/mol. The summed E-state index contributed by atoms with van der Waals surface area (Å²) in [4.78, 5) is 0. The van der Waals surface area contributed by atoms with Crippen LogP contribution in [-0.4, -0.2) is 14.8 Å². The lowest BCUT2D eigenvalue weighted by Gasteiger charge is -2.43. The zero-order valence-corrected chi connectivity index (χ0v) is 14.1. The second kappa shape index (κ2) is 5.79. The van der Waals surface area contributed by atoms with Crippen LogP contribution >= 0.6 is 11.6 Å². The average Bonchev–Trinajstić information content (AvgIpc) is 2.86. The van der Waals surface area contributed by atoms with Crippen molar-refractivity contribution in [3.05, 3.63) is 58.7 Å². The minimum absolute atomic E-state index is 0.0634. The number of nitrogens with zero attached hydrogens (tertiary/aromatic N) is 3. The van der Waals surface area contributed by atoms with Crippen LogP contribution in [0.5, 0.6) is 0 Å². The number of aromatic nitrogens is 3. The monoisotopic (exact) mass is 327 g/mol. The van der Waals surface area contributed by atoms with E-state index in [4.69, 9.17) is 11.6 Å². The maximum atomic E-state index is 6.08. The van der Waals surface area contributed by atoms with Gasteiger partial charge in [0, 0.05) is 18.0 Å². The van der Waals surface area contributed by atoms with Crippen LogP contribution in [0.2, 0.25) is 5.02 Å². The van der Waals surface area contributed by atoms with E-state index in [1.54, 1.807) is 0 Å². The number of benzene rings is 1. The number of hydrogen-bond acceptors (Lipinski definition) is 2. The number of aryl methyl sites for hydroxylation is 1. The SMILES string of the molecule is C=C1CC(c2ccc(Cl)cc2)(c2nnc3n2CCCCCC3)C1. The first kappa shape index (κ1) is 14.9. The fourth-order valence-corrected chi connectivity index (χ4v) is 4.20. The van der Waals surface area contributed by atoms with Gasteiger partial charge in [-0.15, -0.1) is 10.2 Å². The summed E-state index contributed by atoms with van der Waals surface area (Å²) >= 11 is 6.08. The molecule has 0 atom stereocenters. The summed E-state index contributed by atoms with van der Waals surface area (Å²) in [5, 5.41) is 9.96. The second-order valence-electron chi connectivity index (χ2n) is 6.95. The number of rotatable bonds is 2. The molecule has 1 aromatic carbocycles. The van der Waals surface area contributed by atoms with Gasteiger partial charge in [0.15, 0.2) is 0 Å². The van der Waals surface area contributed by atoms with Gasteiger partial charge in [0.2, 0.25) is 0 Å². The van der Waals surface area contributed by atoms with Gasteiger partial charge in [-0.05, 0) is 43.4 Å². The molecule has 0 unspecified atom stereocenters. The van der Waals surface area contributed by atoms with Crippen LogP contribution in [0, 0.1) is 0 Å². The summed E-state index contributed by atoms with van der Waals surface area (Å²) in [6.45, 7) is 5.21. The Bertz CT molecular complexity index is 722. The Morgan fingerprint density at radius 1 is 1.00 bits per heavy atom. The highest BCUT2D eigenvalue weighted by atomic mass is 35.5. The van der Waals surface area contributed by atoms with Gasteiger partial charge in [-0.25, -0.2) is 0 Å². The van der Waals surface area contributed by atoms with Gasteiger partial charge in [-0.3, -0.25) is 0 Å². The topological polar surface area (TPSA) is 30.7 Å². The van der Waals surface area contributed by atoms with Gasteiger partial charge < -0.3 is 4.57 Å². The van der Waals surface area contributed by atoms with Crippen molar-refractivity contribution in [2.24, 2.45) is 0 Å². The first-order chi connectivity index (χ1) is 11.2. The Balaban J connectivity index is 1.79.